The first-order chi connectivity index (χ1) is 14.8. The van der Waals surface area contributed by atoms with Gasteiger partial charge in [-0.1, -0.05) is 5.16 Å². The number of anilines is 3. The Kier molecular flexibility index (Phi) is 4.22. The van der Waals surface area contributed by atoms with E-state index in [1.54, 1.807) is 23.7 Å². The van der Waals surface area contributed by atoms with Crippen LogP contribution in [0.25, 0.3) is 10.7 Å². The molecular weight excluding hydrogens is 400 g/mol. The maximum atomic E-state index is 5.67. The number of hydrogen-bond acceptors (Lipinski definition) is 9. The monoisotopic (exact) mass is 420 g/mol. The summed E-state index contributed by atoms with van der Waals surface area (Å²) in [6.45, 7) is 0.871. The third kappa shape index (κ3) is 3.32. The average Bonchev–Trinajstić information content (AvgIpc) is 3.28. The normalized spacial score (nSPS) is 18.8. The van der Waals surface area contributed by atoms with Crippen molar-refractivity contribution in [2.24, 2.45) is 0 Å². The Morgan fingerprint density at radius 1 is 1.13 bits per heavy atom. The number of rotatable bonds is 6. The van der Waals surface area contributed by atoms with Crippen molar-refractivity contribution in [2.75, 3.05) is 16.8 Å². The van der Waals surface area contributed by atoms with Crippen LogP contribution in [0.15, 0.2) is 40.5 Å². The summed E-state index contributed by atoms with van der Waals surface area (Å²) in [5, 5.41) is 17.8. The van der Waals surface area contributed by atoms with Crippen LogP contribution in [-0.4, -0.2) is 36.9 Å². The molecule has 1 atom stereocenters. The van der Waals surface area contributed by atoms with Crippen LogP contribution in [0.3, 0.4) is 0 Å². The molecule has 6 rings (SSSR count). The first kappa shape index (κ1) is 17.6. The number of nitrogens with one attached hydrogen (secondary N) is 2. The van der Waals surface area contributed by atoms with Crippen LogP contribution in [0.5, 0.6) is 0 Å². The Morgan fingerprint density at radius 3 is 2.97 bits per heavy atom. The Labute approximate surface area is 176 Å². The second-order valence-electron chi connectivity index (χ2n) is 7.65. The van der Waals surface area contributed by atoms with Gasteiger partial charge in [-0.25, -0.2) is 9.97 Å². The molecule has 0 amide bonds. The molecular formula is C20H20N8OS. The molecule has 1 aliphatic carbocycles. The quantitative estimate of drug-likeness (QED) is 0.476. The lowest BCUT2D eigenvalue weighted by molar-refractivity contribution is 0.362. The third-order valence-corrected chi connectivity index (χ3v) is 6.33. The van der Waals surface area contributed by atoms with E-state index in [0.717, 1.165) is 47.5 Å². The maximum Gasteiger partial charge on any atom is 0.227 e. The first-order valence-electron chi connectivity index (χ1n) is 10.1. The molecule has 1 saturated heterocycles. The molecule has 2 aliphatic rings. The molecule has 0 bridgehead atoms. The second kappa shape index (κ2) is 7.21. The van der Waals surface area contributed by atoms with Crippen LogP contribution >= 0.6 is 11.3 Å². The zero-order chi connectivity index (χ0) is 19.9. The van der Waals surface area contributed by atoms with Crippen molar-refractivity contribution in [1.29, 1.82) is 0 Å². The van der Waals surface area contributed by atoms with Crippen molar-refractivity contribution in [2.45, 2.75) is 37.6 Å². The minimum Gasteiger partial charge on any atom is -0.358 e. The Hall–Kier alpha value is -3.27. The van der Waals surface area contributed by atoms with E-state index in [4.69, 9.17) is 9.51 Å². The van der Waals surface area contributed by atoms with Gasteiger partial charge in [0.15, 0.2) is 11.6 Å². The van der Waals surface area contributed by atoms with Crippen molar-refractivity contribution in [3.05, 3.63) is 47.4 Å². The average molecular weight is 421 g/mol. The van der Waals surface area contributed by atoms with E-state index in [9.17, 15) is 0 Å². The van der Waals surface area contributed by atoms with E-state index >= 15 is 0 Å². The summed E-state index contributed by atoms with van der Waals surface area (Å²) in [5.41, 5.74) is 1.96. The number of nitrogens with zero attached hydrogens (tertiary/aromatic N) is 6. The predicted molar refractivity (Wildman–Crippen MR) is 113 cm³/mol. The smallest absolute Gasteiger partial charge is 0.227 e. The van der Waals surface area contributed by atoms with E-state index in [1.807, 2.05) is 17.5 Å². The summed E-state index contributed by atoms with van der Waals surface area (Å²) < 4.78 is 5.67. The van der Waals surface area contributed by atoms with Gasteiger partial charge in [0, 0.05) is 48.1 Å². The highest BCUT2D eigenvalue weighted by Crippen LogP contribution is 2.40. The van der Waals surface area contributed by atoms with Crippen molar-refractivity contribution < 1.29 is 4.52 Å². The first-order valence-corrected chi connectivity index (χ1v) is 11.0. The summed E-state index contributed by atoms with van der Waals surface area (Å²) in [6, 6.07) is 5.96. The molecule has 1 saturated carbocycles. The standard InChI is InChI=1S/C20H20N8OS/c1-2-15(16-10-14(27-29-16)19-21-7-9-30-19)28(8-1)20-22-6-5-17(24-20)23-18-11-13(25-26-18)12-3-4-12/h5-7,9-12,15H,1-4,8H2,(H2,22,23,24,25,26). The van der Waals surface area contributed by atoms with Crippen LogP contribution in [0.4, 0.5) is 17.6 Å². The highest BCUT2D eigenvalue weighted by Gasteiger charge is 2.32. The minimum atomic E-state index is 0.0633. The topological polar surface area (TPSA) is 109 Å². The van der Waals surface area contributed by atoms with Crippen LogP contribution < -0.4 is 10.2 Å². The lowest BCUT2D eigenvalue weighted by Crippen LogP contribution is -2.24. The number of aromatic amines is 1. The molecule has 152 valence electrons. The van der Waals surface area contributed by atoms with E-state index < -0.39 is 0 Å². The van der Waals surface area contributed by atoms with Gasteiger partial charge in [-0.3, -0.25) is 5.10 Å². The summed E-state index contributed by atoms with van der Waals surface area (Å²) in [4.78, 5) is 15.7. The van der Waals surface area contributed by atoms with Crippen LogP contribution in [-0.2, 0) is 0 Å². The highest BCUT2D eigenvalue weighted by atomic mass is 32.1. The molecule has 4 aromatic rings. The van der Waals surface area contributed by atoms with Crippen molar-refractivity contribution in [1.82, 2.24) is 30.3 Å². The van der Waals surface area contributed by atoms with E-state index in [-0.39, 0.29) is 6.04 Å². The van der Waals surface area contributed by atoms with Crippen LogP contribution in [0.2, 0.25) is 0 Å². The summed E-state index contributed by atoms with van der Waals surface area (Å²) in [7, 11) is 0. The SMILES string of the molecule is c1cc(Nc2cc(C3CC3)[nH]n2)nc(N2CCCC2c2cc(-c3nccs3)no2)n1. The molecule has 2 N–H and O–H groups in total. The van der Waals surface area contributed by atoms with Crippen LogP contribution in [0, 0.1) is 0 Å². The highest BCUT2D eigenvalue weighted by molar-refractivity contribution is 7.13. The molecule has 30 heavy (non-hydrogen) atoms. The Bertz CT molecular complexity index is 1150. The zero-order valence-corrected chi connectivity index (χ0v) is 17.0. The molecule has 4 aromatic heterocycles. The van der Waals surface area contributed by atoms with Gasteiger partial charge in [-0.2, -0.15) is 10.1 Å². The molecule has 1 unspecified atom stereocenters. The molecule has 5 heterocycles. The number of H-pyrrole nitrogens is 1. The lowest BCUT2D eigenvalue weighted by atomic mass is 10.1. The van der Waals surface area contributed by atoms with Gasteiger partial charge in [0.1, 0.15) is 16.5 Å². The summed E-state index contributed by atoms with van der Waals surface area (Å²) >= 11 is 1.55. The molecule has 1 aliphatic heterocycles. The molecule has 0 aromatic carbocycles. The number of aromatic nitrogens is 6. The van der Waals surface area contributed by atoms with E-state index in [0.29, 0.717) is 11.9 Å². The largest absolute Gasteiger partial charge is 0.358 e. The molecule has 10 heteroatoms. The van der Waals surface area contributed by atoms with E-state index in [2.05, 4.69) is 41.6 Å². The molecule has 2 fully saturated rings. The fourth-order valence-corrected chi connectivity index (χ4v) is 4.48. The Balaban J connectivity index is 1.22. The fraction of sp³-hybridized carbons (Fsp3) is 0.350. The van der Waals surface area contributed by atoms with E-state index in [1.165, 1.54) is 18.5 Å². The second-order valence-corrected chi connectivity index (χ2v) is 8.55. The Morgan fingerprint density at radius 2 is 2.10 bits per heavy atom. The maximum absolute atomic E-state index is 5.67. The molecule has 0 spiro atoms. The van der Waals surface area contributed by atoms with Gasteiger partial charge >= 0.3 is 0 Å². The summed E-state index contributed by atoms with van der Waals surface area (Å²) in [6.07, 6.45) is 8.04. The van der Waals surface area contributed by atoms with Gasteiger partial charge in [0.05, 0.1) is 6.04 Å². The van der Waals surface area contributed by atoms with Gasteiger partial charge in [0.25, 0.3) is 0 Å². The zero-order valence-electron chi connectivity index (χ0n) is 16.2. The lowest BCUT2D eigenvalue weighted by Gasteiger charge is -2.22. The summed E-state index contributed by atoms with van der Waals surface area (Å²) in [5.74, 6) is 3.63. The molecule has 0 radical (unpaired) electrons. The fourth-order valence-electron chi connectivity index (χ4n) is 3.89. The van der Waals surface area contributed by atoms with Crippen molar-refractivity contribution in [3.8, 4) is 10.7 Å². The van der Waals surface area contributed by atoms with Crippen LogP contribution in [0.1, 0.15) is 49.1 Å². The van der Waals surface area contributed by atoms with Crippen molar-refractivity contribution in [3.63, 3.8) is 0 Å². The minimum absolute atomic E-state index is 0.0633. The van der Waals surface area contributed by atoms with Crippen molar-refractivity contribution >= 4 is 28.9 Å². The van der Waals surface area contributed by atoms with Gasteiger partial charge in [0.2, 0.25) is 5.95 Å². The molecule has 9 nitrogen and oxygen atoms in total. The third-order valence-electron chi connectivity index (χ3n) is 5.53. The van der Waals surface area contributed by atoms with Gasteiger partial charge in [-0.15, -0.1) is 11.3 Å². The predicted octanol–water partition coefficient (Wildman–Crippen LogP) is 4.27. The number of hydrogen-bond donors (Lipinski definition) is 2. The van der Waals surface area contributed by atoms with Gasteiger partial charge < -0.3 is 14.7 Å². The number of thiazole rings is 1. The van der Waals surface area contributed by atoms with Gasteiger partial charge in [-0.05, 0) is 31.7 Å².